The third-order valence-corrected chi connectivity index (χ3v) is 4.27. The van der Waals surface area contributed by atoms with Crippen molar-refractivity contribution in [1.29, 1.82) is 0 Å². The van der Waals surface area contributed by atoms with Crippen LogP contribution in [-0.4, -0.2) is 72.1 Å². The average Bonchev–Trinajstić information content (AvgIpc) is 2.94. The highest BCUT2D eigenvalue weighted by atomic mass is 32.1. The molecule has 0 aliphatic rings. The Morgan fingerprint density at radius 3 is 2.46 bits per heavy atom. The summed E-state index contributed by atoms with van der Waals surface area (Å²) in [6.07, 6.45) is 0.830. The summed E-state index contributed by atoms with van der Waals surface area (Å²) in [6.45, 7) is 2.98. The van der Waals surface area contributed by atoms with Crippen LogP contribution < -0.4 is 0 Å². The lowest BCUT2D eigenvalue weighted by Gasteiger charge is -2.14. The SMILES string of the molecule is CN(CCO)CCOCCc1ccc2sc(F)cc2c1.O=C(O)C(=O)O. The minimum Gasteiger partial charge on any atom is -0.473 e. The number of hydrogen-bond acceptors (Lipinski definition) is 6. The summed E-state index contributed by atoms with van der Waals surface area (Å²) in [5, 5.41) is 24.4. The quantitative estimate of drug-likeness (QED) is 0.467. The molecule has 0 amide bonds. The first-order valence-corrected chi connectivity index (χ1v) is 8.66. The molecule has 0 fully saturated rings. The third kappa shape index (κ3) is 8.34. The molecule has 144 valence electrons. The van der Waals surface area contributed by atoms with Gasteiger partial charge in [0.1, 0.15) is 0 Å². The molecule has 0 aliphatic carbocycles. The molecule has 0 radical (unpaired) electrons. The van der Waals surface area contributed by atoms with E-state index in [9.17, 15) is 4.39 Å². The van der Waals surface area contributed by atoms with Gasteiger partial charge in [-0.25, -0.2) is 9.59 Å². The molecule has 0 atom stereocenters. The van der Waals surface area contributed by atoms with Crippen LogP contribution in [0.3, 0.4) is 0 Å². The number of aliphatic carboxylic acids is 2. The molecule has 0 bridgehead atoms. The van der Waals surface area contributed by atoms with Gasteiger partial charge in [0.25, 0.3) is 0 Å². The molecular formula is C17H22FNO6S. The number of carboxylic acids is 2. The van der Waals surface area contributed by atoms with Crippen LogP contribution in [0.15, 0.2) is 24.3 Å². The summed E-state index contributed by atoms with van der Waals surface area (Å²) in [4.78, 5) is 20.2. The van der Waals surface area contributed by atoms with Crippen LogP contribution in [-0.2, 0) is 20.7 Å². The maximum absolute atomic E-state index is 13.1. The summed E-state index contributed by atoms with van der Waals surface area (Å²) in [6, 6.07) is 7.59. The highest BCUT2D eigenvalue weighted by Crippen LogP contribution is 2.25. The van der Waals surface area contributed by atoms with E-state index in [0.717, 1.165) is 23.1 Å². The largest absolute Gasteiger partial charge is 0.473 e. The standard InChI is InChI=1S/C15H20FNO2S.C2H2O4/c1-17(5-7-18)6-9-19-8-4-12-2-3-14-13(10-12)11-15(16)20-14;3-1(4)2(5)6/h2-3,10-11,18H,4-9H2,1H3;(H,3,4)(H,5,6). The van der Waals surface area contributed by atoms with E-state index in [0.29, 0.717) is 19.8 Å². The van der Waals surface area contributed by atoms with E-state index in [1.165, 1.54) is 16.9 Å². The molecule has 1 aromatic heterocycles. The Hall–Kier alpha value is -2.07. The number of halogens is 1. The van der Waals surface area contributed by atoms with Gasteiger partial charge in [-0.2, -0.15) is 4.39 Å². The van der Waals surface area contributed by atoms with Crippen molar-refractivity contribution in [1.82, 2.24) is 4.90 Å². The van der Waals surface area contributed by atoms with Gasteiger partial charge in [-0.1, -0.05) is 12.1 Å². The monoisotopic (exact) mass is 387 g/mol. The van der Waals surface area contributed by atoms with E-state index in [-0.39, 0.29) is 11.7 Å². The Balaban J connectivity index is 0.000000487. The fraction of sp³-hybridized carbons (Fsp3) is 0.412. The Labute approximate surface area is 154 Å². The topological polar surface area (TPSA) is 107 Å². The van der Waals surface area contributed by atoms with Crippen LogP contribution in [0.2, 0.25) is 0 Å². The fourth-order valence-corrected chi connectivity index (χ4v) is 2.78. The zero-order chi connectivity index (χ0) is 19.5. The Kier molecular flexibility index (Phi) is 9.74. The summed E-state index contributed by atoms with van der Waals surface area (Å²) < 4.78 is 19.7. The van der Waals surface area contributed by atoms with Crippen molar-refractivity contribution in [2.24, 2.45) is 0 Å². The molecule has 0 unspecified atom stereocenters. The number of likely N-dealkylation sites (N-methyl/N-ethyl adjacent to an activating group) is 1. The summed E-state index contributed by atoms with van der Waals surface area (Å²) in [5.41, 5.74) is 1.17. The molecule has 0 aliphatic heterocycles. The predicted molar refractivity (Wildman–Crippen MR) is 96.2 cm³/mol. The van der Waals surface area contributed by atoms with Gasteiger partial charge in [0.15, 0.2) is 5.13 Å². The summed E-state index contributed by atoms with van der Waals surface area (Å²) in [5.74, 6) is -3.65. The second-order valence-corrected chi connectivity index (χ2v) is 6.46. The van der Waals surface area contributed by atoms with E-state index in [2.05, 4.69) is 0 Å². The zero-order valence-electron chi connectivity index (χ0n) is 14.4. The third-order valence-electron chi connectivity index (χ3n) is 3.37. The lowest BCUT2D eigenvalue weighted by molar-refractivity contribution is -0.159. The molecule has 0 saturated carbocycles. The highest BCUT2D eigenvalue weighted by Gasteiger charge is 2.04. The van der Waals surface area contributed by atoms with E-state index in [1.54, 1.807) is 6.07 Å². The molecule has 0 spiro atoms. The van der Waals surface area contributed by atoms with Gasteiger partial charge in [0.05, 0.1) is 19.8 Å². The number of fused-ring (bicyclic) bond motifs is 1. The maximum Gasteiger partial charge on any atom is 0.414 e. The van der Waals surface area contributed by atoms with Gasteiger partial charge in [-0.15, -0.1) is 11.3 Å². The molecule has 2 aromatic rings. The van der Waals surface area contributed by atoms with Gasteiger partial charge in [0, 0.05) is 17.8 Å². The number of aliphatic hydroxyl groups is 1. The Morgan fingerprint density at radius 1 is 1.15 bits per heavy atom. The van der Waals surface area contributed by atoms with Crippen molar-refractivity contribution in [3.05, 3.63) is 35.0 Å². The molecule has 26 heavy (non-hydrogen) atoms. The van der Waals surface area contributed by atoms with E-state index < -0.39 is 11.9 Å². The average molecular weight is 387 g/mol. The van der Waals surface area contributed by atoms with Crippen molar-refractivity contribution >= 4 is 33.4 Å². The van der Waals surface area contributed by atoms with Gasteiger partial charge in [0.2, 0.25) is 0 Å². The molecule has 3 N–H and O–H groups in total. The first-order chi connectivity index (χ1) is 12.3. The fourth-order valence-electron chi connectivity index (χ4n) is 2.01. The minimum absolute atomic E-state index is 0.139. The minimum atomic E-state index is -1.82. The van der Waals surface area contributed by atoms with Crippen LogP contribution in [0.5, 0.6) is 0 Å². The molecule has 9 heteroatoms. The van der Waals surface area contributed by atoms with Crippen LogP contribution in [0, 0.1) is 5.13 Å². The smallest absolute Gasteiger partial charge is 0.414 e. The molecule has 2 rings (SSSR count). The number of benzene rings is 1. The van der Waals surface area contributed by atoms with Crippen molar-refractivity contribution in [3.63, 3.8) is 0 Å². The van der Waals surface area contributed by atoms with E-state index in [4.69, 9.17) is 29.6 Å². The number of ether oxygens (including phenoxy) is 1. The number of aliphatic hydroxyl groups excluding tert-OH is 1. The number of carboxylic acid groups (broad SMARTS) is 2. The molecular weight excluding hydrogens is 365 g/mol. The number of thiophene rings is 1. The van der Waals surface area contributed by atoms with Gasteiger partial charge in [-0.3, -0.25) is 0 Å². The van der Waals surface area contributed by atoms with Gasteiger partial charge < -0.3 is 25.0 Å². The number of carbonyl (C=O) groups is 2. The Bertz CT molecular complexity index is 708. The van der Waals surface area contributed by atoms with E-state index >= 15 is 0 Å². The van der Waals surface area contributed by atoms with Crippen molar-refractivity contribution < 1.29 is 34.0 Å². The maximum atomic E-state index is 13.1. The van der Waals surface area contributed by atoms with Crippen LogP contribution in [0.4, 0.5) is 4.39 Å². The molecule has 7 nitrogen and oxygen atoms in total. The lowest BCUT2D eigenvalue weighted by atomic mass is 10.1. The van der Waals surface area contributed by atoms with Gasteiger partial charge >= 0.3 is 11.9 Å². The zero-order valence-corrected chi connectivity index (χ0v) is 15.2. The van der Waals surface area contributed by atoms with Gasteiger partial charge in [-0.05, 0) is 36.6 Å². The normalized spacial score (nSPS) is 10.6. The molecule has 1 aromatic carbocycles. The molecule has 1 heterocycles. The number of rotatable bonds is 8. The number of hydrogen-bond donors (Lipinski definition) is 3. The van der Waals surface area contributed by atoms with Crippen LogP contribution in [0.1, 0.15) is 5.56 Å². The van der Waals surface area contributed by atoms with Crippen molar-refractivity contribution in [2.75, 3.05) is 40.0 Å². The summed E-state index contributed by atoms with van der Waals surface area (Å²) >= 11 is 1.18. The second kappa shape index (κ2) is 11.5. The van der Waals surface area contributed by atoms with E-state index in [1.807, 2.05) is 30.1 Å². The second-order valence-electron chi connectivity index (χ2n) is 5.42. The van der Waals surface area contributed by atoms with Crippen molar-refractivity contribution in [3.8, 4) is 0 Å². The Morgan fingerprint density at radius 2 is 1.85 bits per heavy atom. The van der Waals surface area contributed by atoms with Crippen LogP contribution in [0.25, 0.3) is 10.1 Å². The van der Waals surface area contributed by atoms with Crippen LogP contribution >= 0.6 is 11.3 Å². The first kappa shape index (κ1) is 22.0. The predicted octanol–water partition coefficient (Wildman–Crippen LogP) is 1.68. The van der Waals surface area contributed by atoms with Crippen molar-refractivity contribution in [2.45, 2.75) is 6.42 Å². The summed E-state index contributed by atoms with van der Waals surface area (Å²) in [7, 11) is 1.96. The number of nitrogens with zero attached hydrogens (tertiary/aromatic N) is 1. The first-order valence-electron chi connectivity index (χ1n) is 7.84. The lowest BCUT2D eigenvalue weighted by Crippen LogP contribution is -2.26. The highest BCUT2D eigenvalue weighted by molar-refractivity contribution is 7.17. The molecule has 0 saturated heterocycles.